The number of carboxylic acids is 1. The van der Waals surface area contributed by atoms with E-state index in [2.05, 4.69) is 63.5 Å². The molecule has 0 spiro atoms. The van der Waals surface area contributed by atoms with Gasteiger partial charge in [-0.15, -0.1) is 0 Å². The molecule has 6 heterocycles. The molecule has 8 rings (SSSR count). The number of Topliss-reactive ketones (excluding diaryl/α,β-unsaturated/α-hetero) is 4. The van der Waals surface area contributed by atoms with Crippen LogP contribution in [0.3, 0.4) is 0 Å². The summed E-state index contributed by atoms with van der Waals surface area (Å²) in [4.78, 5) is 160. The lowest BCUT2D eigenvalue weighted by Crippen LogP contribution is -2.67. The first-order valence-electron chi connectivity index (χ1n) is 34.4. The van der Waals surface area contributed by atoms with E-state index in [1.807, 2.05) is 38.1 Å². The van der Waals surface area contributed by atoms with Gasteiger partial charge in [-0.25, -0.2) is 0 Å². The van der Waals surface area contributed by atoms with Gasteiger partial charge in [-0.05, 0) is 60.9 Å². The molecule has 546 valence electrons. The SMILES string of the molecule is CCC(=O)[C@@H]1CSSC[C@H](NC(=O)[C@@H](CCC(=O)O)CC(=O)[C@H](Cc2c[nH]c3ccccc23)NC(=O)CCCC(=O)NC23CNCCNCC(N)(CNCCNC2)CNCCNC3)C(=O)N2C[C@H](O)C[C@H]2C(=O)C[C@@H](Cc2ccc(O)c(Cl)c2)C(=O)NCC(=O)C[C@@H](CC(C)C)C(=O)N1. The first-order chi connectivity index (χ1) is 47.3. The number of carboxylic acid groups (broad SMARTS) is 1. The van der Waals surface area contributed by atoms with Crippen molar-refractivity contribution in [1.29, 1.82) is 0 Å². The number of ketones is 4. The highest BCUT2D eigenvalue weighted by Crippen LogP contribution is 2.31. The van der Waals surface area contributed by atoms with E-state index in [1.54, 1.807) is 13.1 Å². The Morgan fingerprint density at radius 3 is 2.07 bits per heavy atom. The Kier molecular flexibility index (Phi) is 31.9. The quantitative estimate of drug-likeness (QED) is 0.0595. The number of amides is 6. The molecular formula is C68H101ClN14O14S2. The van der Waals surface area contributed by atoms with Crippen molar-refractivity contribution in [2.45, 2.75) is 146 Å². The lowest BCUT2D eigenvalue weighted by molar-refractivity contribution is -0.142. The third-order valence-corrected chi connectivity index (χ3v) is 21.1. The summed E-state index contributed by atoms with van der Waals surface area (Å²) < 4.78 is 0. The molecule has 3 aromatic rings. The van der Waals surface area contributed by atoms with Gasteiger partial charge in [-0.2, -0.15) is 0 Å². The number of aromatic amines is 1. The second-order valence-corrected chi connectivity index (χ2v) is 30.1. The van der Waals surface area contributed by atoms with E-state index in [0.717, 1.165) is 37.4 Å². The van der Waals surface area contributed by atoms with Crippen molar-refractivity contribution in [3.05, 3.63) is 64.8 Å². The number of nitrogens with zero attached hydrogens (tertiary/aromatic N) is 1. The molecule has 0 unspecified atom stereocenters. The number of halogens is 1. The third-order valence-electron chi connectivity index (χ3n) is 18.3. The van der Waals surface area contributed by atoms with Crippen molar-refractivity contribution in [2.24, 2.45) is 29.4 Å². The number of carbonyl (C=O) groups is 11. The molecule has 2 bridgehead atoms. The van der Waals surface area contributed by atoms with E-state index in [1.165, 1.54) is 18.2 Å². The molecule has 5 aliphatic heterocycles. The van der Waals surface area contributed by atoms with Crippen LogP contribution in [0.4, 0.5) is 0 Å². The Hall–Kier alpha value is -6.58. The lowest BCUT2D eigenvalue weighted by Gasteiger charge is -2.37. The molecule has 0 radical (unpaired) electrons. The Labute approximate surface area is 590 Å². The minimum absolute atomic E-state index is 0.0283. The summed E-state index contributed by atoms with van der Waals surface area (Å²) in [6, 6.07) is 6.35. The standard InChI is InChI=1S/C68H101ClN14O14S2/c1-4-56(86)53-33-98-99-34-54(66(97)83-32-48(85)29-55(83)59(89)28-45(23-42-12-14-57(87)50(69)24-42)63(94)78-31-47(84)25-44(22-41(2)3)65(96)80-53)81-64(95)43(13-15-62(92)93)27-58(88)52(26-46-30-77-51-9-6-5-8-49(46)51)79-60(90)10-7-11-61(91)82-68-38-74-19-16-71-35-67(70,36-72-17-20-75-39-68)37-73-18-21-76-40-68/h5-6,8-9,12,14,24,30,41,43-45,48,52-55,71-77,85,87H,4,7,10-11,13,15-23,25-29,31-40,70H2,1-3H3,(H,78,94)(H,79,90)(H,80,96)(H,81,95)(H,82,91)(H,92,93)/t43-,44+,45+,48+,52-,53-,54-,55-,67?,68?/m0/s1. The van der Waals surface area contributed by atoms with Crippen molar-refractivity contribution < 1.29 is 68.1 Å². The molecule has 17 N–H and O–H groups in total. The number of nitrogens with one attached hydrogen (secondary N) is 12. The predicted molar refractivity (Wildman–Crippen MR) is 378 cm³/mol. The number of rotatable bonds is 22. The second-order valence-electron chi connectivity index (χ2n) is 27.1. The molecule has 5 saturated heterocycles. The van der Waals surface area contributed by atoms with Crippen LogP contribution in [0.2, 0.25) is 5.02 Å². The summed E-state index contributed by atoms with van der Waals surface area (Å²) in [7, 11) is 2.14. The van der Waals surface area contributed by atoms with Crippen LogP contribution < -0.4 is 64.2 Å². The maximum atomic E-state index is 15.2. The zero-order valence-corrected chi connectivity index (χ0v) is 59.3. The number of phenols is 1. The van der Waals surface area contributed by atoms with E-state index < -0.39 is 144 Å². The van der Waals surface area contributed by atoms with Crippen LogP contribution in [-0.4, -0.2) is 234 Å². The lowest BCUT2D eigenvalue weighted by atomic mass is 9.89. The zero-order valence-electron chi connectivity index (χ0n) is 56.9. The Balaban J connectivity index is 1.12. The third kappa shape index (κ3) is 25.5. The zero-order chi connectivity index (χ0) is 71.7. The summed E-state index contributed by atoms with van der Waals surface area (Å²) in [6.07, 6.45) is -2.21. The summed E-state index contributed by atoms with van der Waals surface area (Å²) in [5.41, 5.74) is 7.35. The summed E-state index contributed by atoms with van der Waals surface area (Å²) in [5.74, 6) is -11.4. The topological polar surface area (TPSA) is 426 Å². The van der Waals surface area contributed by atoms with Crippen molar-refractivity contribution >= 4 is 109 Å². The average molecular weight is 1440 g/mol. The molecule has 8 atom stereocenters. The Bertz CT molecular complexity index is 3250. The number of carbonyl (C=O) groups excluding carboxylic acids is 10. The minimum atomic E-state index is -1.53. The number of aliphatic hydroxyl groups is 1. The van der Waals surface area contributed by atoms with Crippen LogP contribution in [0.5, 0.6) is 5.75 Å². The normalized spacial score (nSPS) is 25.6. The molecule has 6 amide bonds. The van der Waals surface area contributed by atoms with Gasteiger partial charge in [0.2, 0.25) is 35.4 Å². The molecule has 99 heavy (non-hydrogen) atoms. The highest BCUT2D eigenvalue weighted by atomic mass is 35.5. The fourth-order valence-corrected chi connectivity index (χ4v) is 15.5. The van der Waals surface area contributed by atoms with Gasteiger partial charge in [0.05, 0.1) is 46.9 Å². The van der Waals surface area contributed by atoms with Gasteiger partial charge >= 0.3 is 5.97 Å². The van der Waals surface area contributed by atoms with Gasteiger partial charge in [-0.3, -0.25) is 52.7 Å². The molecule has 31 heteroatoms. The van der Waals surface area contributed by atoms with Gasteiger partial charge in [0.25, 0.3) is 0 Å². The van der Waals surface area contributed by atoms with Crippen LogP contribution in [0.1, 0.15) is 103 Å². The number of aliphatic hydroxyl groups excluding tert-OH is 1. The minimum Gasteiger partial charge on any atom is -0.506 e. The van der Waals surface area contributed by atoms with Gasteiger partial charge < -0.3 is 89.4 Å². The molecule has 0 saturated carbocycles. The van der Waals surface area contributed by atoms with E-state index in [9.17, 15) is 63.3 Å². The number of para-hydroxylation sites is 1. The number of aliphatic carboxylic acids is 1. The van der Waals surface area contributed by atoms with Crippen LogP contribution in [-0.2, 0) is 65.6 Å². The van der Waals surface area contributed by atoms with Gasteiger partial charge in [-0.1, -0.05) is 78.2 Å². The number of hydrogen-bond donors (Lipinski definition) is 16. The number of aromatic nitrogens is 1. The fraction of sp³-hybridized carbons (Fsp3) is 0.632. The van der Waals surface area contributed by atoms with E-state index in [4.69, 9.17) is 17.3 Å². The smallest absolute Gasteiger partial charge is 0.303 e. The number of H-pyrrole nitrogens is 1. The number of hydrogen-bond acceptors (Lipinski definition) is 22. The molecule has 5 fully saturated rings. The second kappa shape index (κ2) is 39.6. The van der Waals surface area contributed by atoms with Crippen molar-refractivity contribution in [3.8, 4) is 5.75 Å². The monoisotopic (exact) mass is 1440 g/mol. The molecular weight excluding hydrogens is 1340 g/mol. The largest absolute Gasteiger partial charge is 0.506 e. The van der Waals surface area contributed by atoms with Crippen LogP contribution >= 0.6 is 33.2 Å². The summed E-state index contributed by atoms with van der Waals surface area (Å²) in [6.45, 7) is 11.3. The fourth-order valence-electron chi connectivity index (χ4n) is 13.0. The number of fused-ring (bicyclic) bond motifs is 17. The van der Waals surface area contributed by atoms with Crippen LogP contribution in [0.15, 0.2) is 48.7 Å². The molecule has 28 nitrogen and oxygen atoms in total. The first-order valence-corrected chi connectivity index (χ1v) is 37.3. The van der Waals surface area contributed by atoms with E-state index in [-0.39, 0.29) is 104 Å². The maximum Gasteiger partial charge on any atom is 0.303 e. The van der Waals surface area contributed by atoms with Crippen LogP contribution in [0.25, 0.3) is 10.9 Å². The molecule has 1 aromatic heterocycles. The summed E-state index contributed by atoms with van der Waals surface area (Å²) >= 11 is 6.26. The number of aromatic hydroxyl groups is 1. The highest BCUT2D eigenvalue weighted by molar-refractivity contribution is 8.76. The van der Waals surface area contributed by atoms with Crippen molar-refractivity contribution in [3.63, 3.8) is 0 Å². The Morgan fingerprint density at radius 1 is 0.798 bits per heavy atom. The van der Waals surface area contributed by atoms with Gasteiger partial charge in [0.1, 0.15) is 11.8 Å². The molecule has 2 aromatic carbocycles. The Morgan fingerprint density at radius 2 is 1.43 bits per heavy atom. The average Bonchev–Trinajstić information content (AvgIpc) is 1.69. The number of benzene rings is 2. The predicted octanol–water partition coefficient (Wildman–Crippen LogP) is 0.143. The molecule has 0 aliphatic carbocycles. The summed E-state index contributed by atoms with van der Waals surface area (Å²) in [5, 5.41) is 67.4. The van der Waals surface area contributed by atoms with Crippen molar-refractivity contribution in [2.75, 3.05) is 103 Å². The first kappa shape index (κ1) is 79.7. The maximum absolute atomic E-state index is 15.2. The van der Waals surface area contributed by atoms with Gasteiger partial charge in [0, 0.05) is 189 Å². The highest BCUT2D eigenvalue weighted by Gasteiger charge is 2.44. The van der Waals surface area contributed by atoms with Crippen LogP contribution in [0, 0.1) is 23.7 Å². The van der Waals surface area contributed by atoms with Crippen molar-refractivity contribution in [1.82, 2.24) is 68.4 Å². The van der Waals surface area contributed by atoms with E-state index >= 15 is 4.79 Å². The number of nitrogens with two attached hydrogens (primary N) is 1. The van der Waals surface area contributed by atoms with E-state index in [0.29, 0.717) is 89.7 Å². The van der Waals surface area contributed by atoms with Gasteiger partial charge in [0.15, 0.2) is 23.1 Å². The molecule has 5 aliphatic rings. The number of phenolic OH excluding ortho intramolecular Hbond substituents is 1.